The summed E-state index contributed by atoms with van der Waals surface area (Å²) in [4.78, 5) is 9.44. The van der Waals surface area contributed by atoms with Crippen LogP contribution < -0.4 is 0 Å². The van der Waals surface area contributed by atoms with Gasteiger partial charge in [-0.25, -0.2) is 0 Å². The number of para-hydroxylation sites is 1. The molecule has 61 heavy (non-hydrogen) atoms. The molecule has 0 unspecified atom stereocenters. The number of hydrogen-bond acceptors (Lipinski definition) is 3. The first kappa shape index (κ1) is 34.6. The van der Waals surface area contributed by atoms with Crippen LogP contribution in [0.5, 0.6) is 0 Å². The Balaban J connectivity index is 0.973. The minimum absolute atomic E-state index is 0.650. The minimum atomic E-state index is 0.650. The molecule has 0 atom stereocenters. The van der Waals surface area contributed by atoms with Crippen molar-refractivity contribution in [1.82, 2.24) is 14.5 Å². The Morgan fingerprint density at radius 1 is 0.377 bits per heavy atom. The summed E-state index contributed by atoms with van der Waals surface area (Å²) in [5.41, 5.74) is 14.8. The summed E-state index contributed by atoms with van der Waals surface area (Å²) in [5, 5.41) is 19.5. The minimum Gasteiger partial charge on any atom is -0.309 e. The lowest BCUT2D eigenvalue weighted by molar-refractivity contribution is 1.18. The van der Waals surface area contributed by atoms with Crippen LogP contribution in [0, 0.1) is 11.3 Å². The van der Waals surface area contributed by atoms with E-state index in [0.29, 0.717) is 5.56 Å². The Hall–Kier alpha value is -8.39. The van der Waals surface area contributed by atoms with Crippen LogP contribution in [0.1, 0.15) is 5.56 Å². The average molecular weight is 775 g/mol. The lowest BCUT2D eigenvalue weighted by Gasteiger charge is -2.17. The molecule has 0 aliphatic heterocycles. The predicted octanol–water partition coefficient (Wildman–Crippen LogP) is 14.7. The van der Waals surface area contributed by atoms with E-state index in [1.807, 2.05) is 54.9 Å². The van der Waals surface area contributed by atoms with Crippen molar-refractivity contribution < 1.29 is 0 Å². The Labute approximate surface area is 352 Å². The molecule has 12 rings (SSSR count). The molecule has 0 saturated carbocycles. The number of benzene rings is 9. The fourth-order valence-electron chi connectivity index (χ4n) is 9.42. The van der Waals surface area contributed by atoms with E-state index in [2.05, 4.69) is 162 Å². The molecular weight excluding hydrogens is 741 g/mol. The quantitative estimate of drug-likeness (QED) is 0.158. The molecule has 0 fully saturated rings. The first-order valence-corrected chi connectivity index (χ1v) is 20.5. The van der Waals surface area contributed by atoms with Crippen molar-refractivity contribution in [2.24, 2.45) is 0 Å². The van der Waals surface area contributed by atoms with E-state index in [-0.39, 0.29) is 0 Å². The highest BCUT2D eigenvalue weighted by molar-refractivity contribution is 6.27. The van der Waals surface area contributed by atoms with Crippen molar-refractivity contribution in [2.45, 2.75) is 0 Å². The van der Waals surface area contributed by atoms with E-state index in [9.17, 15) is 5.26 Å². The van der Waals surface area contributed by atoms with Crippen LogP contribution in [0.25, 0.3) is 116 Å². The van der Waals surface area contributed by atoms with Gasteiger partial charge in [0.25, 0.3) is 0 Å². The molecule has 12 aromatic rings. The van der Waals surface area contributed by atoms with Crippen LogP contribution >= 0.6 is 0 Å². The summed E-state index contributed by atoms with van der Waals surface area (Å²) in [6.45, 7) is 0. The van der Waals surface area contributed by atoms with Gasteiger partial charge in [-0.15, -0.1) is 0 Å². The van der Waals surface area contributed by atoms with Gasteiger partial charge >= 0.3 is 0 Å². The fourth-order valence-corrected chi connectivity index (χ4v) is 9.42. The number of nitriles is 1. The largest absolute Gasteiger partial charge is 0.309 e. The molecule has 0 radical (unpaired) electrons. The van der Waals surface area contributed by atoms with Crippen molar-refractivity contribution >= 4 is 54.1 Å². The maximum Gasteiger partial charge on any atom is 0.0992 e. The number of nitrogens with zero attached hydrogens (tertiary/aromatic N) is 4. The van der Waals surface area contributed by atoms with Gasteiger partial charge in [-0.05, 0) is 138 Å². The first-order chi connectivity index (χ1) is 30.2. The standard InChI is InChI=1S/C57H34N4/c58-35-36-12-22-48-49-25-21-41(34-55(49)61(54(48)30-36)45-8-2-1-3-9-45)37-13-15-38(16-14-37)46-23-17-39-20-27-51-47(24-18-40-19-26-50(46)56(39)57(40)51)42-31-43(52-10-4-6-28-59-52)33-44(32-42)53-11-5-7-29-60-53/h1-34H. The van der Waals surface area contributed by atoms with Crippen molar-refractivity contribution in [2.75, 3.05) is 0 Å². The molecule has 0 aliphatic carbocycles. The molecule has 0 aliphatic rings. The van der Waals surface area contributed by atoms with Crippen molar-refractivity contribution in [1.29, 1.82) is 5.26 Å². The van der Waals surface area contributed by atoms with E-state index >= 15 is 0 Å². The molecule has 0 N–H and O–H groups in total. The summed E-state index contributed by atoms with van der Waals surface area (Å²) in [6, 6.07) is 71.4. The van der Waals surface area contributed by atoms with Gasteiger partial charge in [0.2, 0.25) is 0 Å². The third kappa shape index (κ3) is 5.67. The van der Waals surface area contributed by atoms with Crippen molar-refractivity contribution in [3.63, 3.8) is 0 Å². The molecule has 0 spiro atoms. The van der Waals surface area contributed by atoms with Crippen LogP contribution in [-0.2, 0) is 0 Å². The van der Waals surface area contributed by atoms with E-state index in [1.54, 1.807) is 0 Å². The van der Waals surface area contributed by atoms with E-state index in [1.165, 1.54) is 49.0 Å². The second kappa shape index (κ2) is 13.9. The Morgan fingerprint density at radius 2 is 0.885 bits per heavy atom. The van der Waals surface area contributed by atoms with Gasteiger partial charge in [-0.2, -0.15) is 5.26 Å². The average Bonchev–Trinajstić information content (AvgIpc) is 3.66. The molecule has 3 aromatic heterocycles. The SMILES string of the molecule is N#Cc1ccc2c3ccc(-c4ccc(-c5ccc6ccc7c(-c8cc(-c9ccccn9)cc(-c9ccccn9)c8)ccc8ccc5c6c87)cc4)cc3n(-c3ccccc3)c2c1. The fraction of sp³-hybridized carbons (Fsp3) is 0. The summed E-state index contributed by atoms with van der Waals surface area (Å²) >= 11 is 0. The van der Waals surface area contributed by atoms with Crippen LogP contribution in [0.4, 0.5) is 0 Å². The summed E-state index contributed by atoms with van der Waals surface area (Å²) in [6.07, 6.45) is 3.70. The van der Waals surface area contributed by atoms with Gasteiger partial charge in [0.1, 0.15) is 0 Å². The third-order valence-corrected chi connectivity index (χ3v) is 12.3. The lowest BCUT2D eigenvalue weighted by atomic mass is 9.86. The lowest BCUT2D eigenvalue weighted by Crippen LogP contribution is -1.93. The highest BCUT2D eigenvalue weighted by atomic mass is 15.0. The zero-order valence-corrected chi connectivity index (χ0v) is 32.9. The zero-order chi connectivity index (χ0) is 40.4. The Kier molecular flexibility index (Phi) is 7.88. The zero-order valence-electron chi connectivity index (χ0n) is 32.9. The number of rotatable bonds is 6. The number of fused-ring (bicyclic) bond motifs is 3. The van der Waals surface area contributed by atoms with Gasteiger partial charge < -0.3 is 4.57 Å². The monoisotopic (exact) mass is 774 g/mol. The highest BCUT2D eigenvalue weighted by Gasteiger charge is 2.18. The van der Waals surface area contributed by atoms with E-state index in [0.717, 1.165) is 66.7 Å². The number of hydrogen-bond donors (Lipinski definition) is 0. The number of pyridine rings is 2. The normalized spacial score (nSPS) is 11.6. The van der Waals surface area contributed by atoms with Gasteiger partial charge in [0.15, 0.2) is 0 Å². The van der Waals surface area contributed by atoms with Gasteiger partial charge in [0.05, 0.1) is 34.1 Å². The van der Waals surface area contributed by atoms with Gasteiger partial charge in [0, 0.05) is 40.0 Å². The maximum absolute atomic E-state index is 9.74. The predicted molar refractivity (Wildman–Crippen MR) is 252 cm³/mol. The molecule has 4 nitrogen and oxygen atoms in total. The van der Waals surface area contributed by atoms with Crippen LogP contribution in [0.3, 0.4) is 0 Å². The molecule has 9 aromatic carbocycles. The second-order valence-electron chi connectivity index (χ2n) is 15.7. The van der Waals surface area contributed by atoms with E-state index < -0.39 is 0 Å². The Bertz CT molecular complexity index is 3620. The van der Waals surface area contributed by atoms with Gasteiger partial charge in [-0.3, -0.25) is 9.97 Å². The molecule has 4 heteroatoms. The molecular formula is C57H34N4. The molecule has 0 bridgehead atoms. The van der Waals surface area contributed by atoms with Crippen molar-refractivity contribution in [3.05, 3.63) is 212 Å². The van der Waals surface area contributed by atoms with Crippen molar-refractivity contribution in [3.8, 4) is 67.7 Å². The molecule has 282 valence electrons. The number of aromatic nitrogens is 3. The van der Waals surface area contributed by atoms with E-state index in [4.69, 9.17) is 9.97 Å². The van der Waals surface area contributed by atoms with Crippen LogP contribution in [0.15, 0.2) is 207 Å². The third-order valence-electron chi connectivity index (χ3n) is 12.3. The highest BCUT2D eigenvalue weighted by Crippen LogP contribution is 2.44. The smallest absolute Gasteiger partial charge is 0.0992 e. The summed E-state index contributed by atoms with van der Waals surface area (Å²) < 4.78 is 2.27. The summed E-state index contributed by atoms with van der Waals surface area (Å²) in [5.74, 6) is 0. The van der Waals surface area contributed by atoms with Crippen LogP contribution in [0.2, 0.25) is 0 Å². The molecule has 0 saturated heterocycles. The Morgan fingerprint density at radius 3 is 1.49 bits per heavy atom. The molecule has 0 amide bonds. The molecule has 3 heterocycles. The van der Waals surface area contributed by atoms with Crippen LogP contribution in [-0.4, -0.2) is 14.5 Å². The van der Waals surface area contributed by atoms with Gasteiger partial charge in [-0.1, -0.05) is 121 Å². The second-order valence-corrected chi connectivity index (χ2v) is 15.7. The first-order valence-electron chi connectivity index (χ1n) is 20.5. The topological polar surface area (TPSA) is 54.5 Å². The summed E-state index contributed by atoms with van der Waals surface area (Å²) in [7, 11) is 0. The maximum atomic E-state index is 9.74.